The van der Waals surface area contributed by atoms with Gasteiger partial charge in [-0.15, -0.1) is 0 Å². The third-order valence-corrected chi connectivity index (χ3v) is 2.22. The number of hydrogen-bond acceptors (Lipinski definition) is 4. The second kappa shape index (κ2) is 6.95. The molecule has 6 heteroatoms. The molecule has 0 atom stereocenters. The highest BCUT2D eigenvalue weighted by Crippen LogP contribution is 2.05. The van der Waals surface area contributed by atoms with E-state index < -0.39 is 17.8 Å². The van der Waals surface area contributed by atoms with Gasteiger partial charge in [0.2, 0.25) is 5.91 Å². The lowest BCUT2D eigenvalue weighted by Crippen LogP contribution is -2.20. The summed E-state index contributed by atoms with van der Waals surface area (Å²) in [7, 11) is 1.30. The van der Waals surface area contributed by atoms with Gasteiger partial charge in [0.15, 0.2) is 0 Å². The van der Waals surface area contributed by atoms with E-state index in [1.165, 1.54) is 7.11 Å². The molecule has 1 amide bonds. The van der Waals surface area contributed by atoms with Crippen molar-refractivity contribution in [1.82, 2.24) is 5.32 Å². The second-order valence-electron chi connectivity index (χ2n) is 3.58. The van der Waals surface area contributed by atoms with Crippen molar-refractivity contribution in [3.63, 3.8) is 0 Å². The van der Waals surface area contributed by atoms with E-state index >= 15 is 0 Å². The molecule has 0 aliphatic carbocycles. The molecule has 0 heterocycles. The number of aliphatic carboxylic acids is 1. The monoisotopic (exact) mass is 263 g/mol. The summed E-state index contributed by atoms with van der Waals surface area (Å²) in [4.78, 5) is 32.6. The Labute approximate surface area is 109 Å². The highest BCUT2D eigenvalue weighted by Gasteiger charge is 2.04. The predicted molar refractivity (Wildman–Crippen MR) is 66.4 cm³/mol. The first kappa shape index (κ1) is 14.4. The van der Waals surface area contributed by atoms with Gasteiger partial charge in [-0.2, -0.15) is 0 Å². The number of carbonyl (C=O) groups is 3. The van der Waals surface area contributed by atoms with Crippen LogP contribution in [0.1, 0.15) is 15.9 Å². The van der Waals surface area contributed by atoms with Gasteiger partial charge in [0.25, 0.3) is 0 Å². The van der Waals surface area contributed by atoms with Crippen LogP contribution in [0.4, 0.5) is 0 Å². The van der Waals surface area contributed by atoms with Crippen molar-refractivity contribution in [2.24, 2.45) is 0 Å². The molecule has 2 N–H and O–H groups in total. The molecule has 0 spiro atoms. The zero-order valence-corrected chi connectivity index (χ0v) is 10.3. The summed E-state index contributed by atoms with van der Waals surface area (Å²) in [5.41, 5.74) is 1.20. The van der Waals surface area contributed by atoms with Crippen LogP contribution in [0, 0.1) is 0 Å². The van der Waals surface area contributed by atoms with Crippen molar-refractivity contribution >= 4 is 17.8 Å². The van der Waals surface area contributed by atoms with Crippen molar-refractivity contribution in [3.8, 4) is 0 Å². The number of ether oxygens (including phenoxy) is 1. The van der Waals surface area contributed by atoms with Gasteiger partial charge in [0.05, 0.1) is 12.7 Å². The molecule has 0 unspecified atom stereocenters. The lowest BCUT2D eigenvalue weighted by Gasteiger charge is -2.04. The maximum atomic E-state index is 11.2. The first-order chi connectivity index (χ1) is 9.02. The molecule has 1 aromatic carbocycles. The van der Waals surface area contributed by atoms with E-state index in [1.54, 1.807) is 24.3 Å². The van der Waals surface area contributed by atoms with Crippen LogP contribution < -0.4 is 5.32 Å². The molecule has 100 valence electrons. The Morgan fingerprint density at radius 1 is 1.21 bits per heavy atom. The van der Waals surface area contributed by atoms with Gasteiger partial charge in [0, 0.05) is 18.7 Å². The van der Waals surface area contributed by atoms with Crippen LogP contribution in [-0.4, -0.2) is 30.1 Å². The van der Waals surface area contributed by atoms with Crippen molar-refractivity contribution in [2.45, 2.75) is 6.54 Å². The van der Waals surface area contributed by atoms with E-state index in [-0.39, 0.29) is 6.54 Å². The number of esters is 1. The molecule has 0 bridgehead atoms. The van der Waals surface area contributed by atoms with Crippen LogP contribution in [0.5, 0.6) is 0 Å². The number of carboxylic acids is 1. The summed E-state index contributed by atoms with van der Waals surface area (Å²) in [6, 6.07) is 6.52. The van der Waals surface area contributed by atoms with Crippen LogP contribution in [0.15, 0.2) is 36.4 Å². The van der Waals surface area contributed by atoms with E-state index in [4.69, 9.17) is 5.11 Å². The van der Waals surface area contributed by atoms with E-state index in [0.717, 1.165) is 17.7 Å². The predicted octanol–water partition coefficient (Wildman–Crippen LogP) is 0.730. The number of benzene rings is 1. The average Bonchev–Trinajstić information content (AvgIpc) is 2.42. The van der Waals surface area contributed by atoms with Gasteiger partial charge in [-0.05, 0) is 17.7 Å². The van der Waals surface area contributed by atoms with Crippen molar-refractivity contribution in [2.75, 3.05) is 7.11 Å². The van der Waals surface area contributed by atoms with Crippen LogP contribution in [-0.2, 0) is 20.9 Å². The first-order valence-corrected chi connectivity index (χ1v) is 5.39. The smallest absolute Gasteiger partial charge is 0.337 e. The molecule has 1 aromatic rings. The largest absolute Gasteiger partial charge is 0.478 e. The van der Waals surface area contributed by atoms with Crippen LogP contribution in [0.25, 0.3) is 0 Å². The van der Waals surface area contributed by atoms with Gasteiger partial charge in [-0.1, -0.05) is 12.1 Å². The fraction of sp³-hybridized carbons (Fsp3) is 0.154. The molecule has 0 aromatic heterocycles. The number of methoxy groups -OCH3 is 1. The molecule has 0 saturated carbocycles. The number of nitrogens with one attached hydrogen (secondary N) is 1. The van der Waals surface area contributed by atoms with E-state index in [9.17, 15) is 14.4 Å². The molecular formula is C13H13NO5. The Balaban J connectivity index is 2.52. The van der Waals surface area contributed by atoms with E-state index in [0.29, 0.717) is 5.56 Å². The number of carboxylic acid groups (broad SMARTS) is 1. The molecule has 0 aliphatic rings. The number of amides is 1. The maximum absolute atomic E-state index is 11.2. The lowest BCUT2D eigenvalue weighted by molar-refractivity contribution is -0.131. The third-order valence-electron chi connectivity index (χ3n) is 2.22. The minimum absolute atomic E-state index is 0.240. The molecule has 0 fully saturated rings. The van der Waals surface area contributed by atoms with Crippen molar-refractivity contribution < 1.29 is 24.2 Å². The Hall–Kier alpha value is -2.63. The number of carbonyl (C=O) groups excluding carboxylic acids is 2. The molecule has 0 saturated heterocycles. The van der Waals surface area contributed by atoms with Gasteiger partial charge >= 0.3 is 11.9 Å². The normalized spacial score (nSPS) is 10.2. The minimum Gasteiger partial charge on any atom is -0.478 e. The fourth-order valence-corrected chi connectivity index (χ4v) is 1.27. The number of hydrogen-bond donors (Lipinski definition) is 2. The topological polar surface area (TPSA) is 92.7 Å². The van der Waals surface area contributed by atoms with Gasteiger partial charge in [0.1, 0.15) is 0 Å². The van der Waals surface area contributed by atoms with Crippen molar-refractivity contribution in [3.05, 3.63) is 47.5 Å². The Morgan fingerprint density at radius 3 is 2.37 bits per heavy atom. The summed E-state index contributed by atoms with van der Waals surface area (Å²) in [5.74, 6) is -2.11. The molecule has 0 aliphatic heterocycles. The van der Waals surface area contributed by atoms with Crippen LogP contribution >= 0.6 is 0 Å². The Bertz CT molecular complexity index is 504. The zero-order chi connectivity index (χ0) is 14.3. The summed E-state index contributed by atoms with van der Waals surface area (Å²) in [6.45, 7) is 0.240. The van der Waals surface area contributed by atoms with E-state index in [2.05, 4.69) is 10.1 Å². The average molecular weight is 263 g/mol. The summed E-state index contributed by atoms with van der Waals surface area (Å²) in [6.07, 6.45) is 1.70. The fourth-order valence-electron chi connectivity index (χ4n) is 1.27. The van der Waals surface area contributed by atoms with Gasteiger partial charge in [-0.25, -0.2) is 9.59 Å². The molecular weight excluding hydrogens is 250 g/mol. The minimum atomic E-state index is -1.18. The molecule has 0 radical (unpaired) electrons. The summed E-state index contributed by atoms with van der Waals surface area (Å²) < 4.78 is 4.56. The van der Waals surface area contributed by atoms with Crippen LogP contribution in [0.3, 0.4) is 0 Å². The number of rotatable bonds is 5. The zero-order valence-electron chi connectivity index (χ0n) is 10.3. The SMILES string of the molecule is COC(=O)c1ccc(CNC(=O)/C=C\C(=O)O)cc1. The van der Waals surface area contributed by atoms with Gasteiger partial charge < -0.3 is 15.2 Å². The Kier molecular flexibility index (Phi) is 5.28. The highest BCUT2D eigenvalue weighted by atomic mass is 16.5. The molecule has 1 rings (SSSR count). The molecule has 6 nitrogen and oxygen atoms in total. The lowest BCUT2D eigenvalue weighted by atomic mass is 10.1. The summed E-state index contributed by atoms with van der Waals surface area (Å²) >= 11 is 0. The third kappa shape index (κ3) is 5.03. The quantitative estimate of drug-likeness (QED) is 0.603. The standard InChI is InChI=1S/C13H13NO5/c1-19-13(18)10-4-2-9(3-5-10)8-14-11(15)6-7-12(16)17/h2-7H,8H2,1H3,(H,14,15)(H,16,17)/b7-6-. The second-order valence-corrected chi connectivity index (χ2v) is 3.58. The molecule has 19 heavy (non-hydrogen) atoms. The van der Waals surface area contributed by atoms with E-state index in [1.807, 2.05) is 0 Å². The Morgan fingerprint density at radius 2 is 1.84 bits per heavy atom. The summed E-state index contributed by atoms with van der Waals surface area (Å²) in [5, 5.41) is 10.9. The van der Waals surface area contributed by atoms with Gasteiger partial charge in [-0.3, -0.25) is 4.79 Å². The highest BCUT2D eigenvalue weighted by molar-refractivity contribution is 5.93. The van der Waals surface area contributed by atoms with Crippen molar-refractivity contribution in [1.29, 1.82) is 0 Å². The first-order valence-electron chi connectivity index (χ1n) is 5.39. The maximum Gasteiger partial charge on any atom is 0.337 e. The van der Waals surface area contributed by atoms with Crippen LogP contribution in [0.2, 0.25) is 0 Å².